The normalized spacial score (nSPS) is 10.5. The number of hydrogen-bond acceptors (Lipinski definition) is 5. The highest BCUT2D eigenvalue weighted by atomic mass is 16.5. The molecule has 7 heteroatoms. The fourth-order valence-corrected chi connectivity index (χ4v) is 1.97. The Labute approximate surface area is 120 Å². The lowest BCUT2D eigenvalue weighted by Gasteiger charge is -2.09. The summed E-state index contributed by atoms with van der Waals surface area (Å²) < 4.78 is 6.58. The van der Waals surface area contributed by atoms with Crippen molar-refractivity contribution in [1.29, 1.82) is 0 Å². The first kappa shape index (κ1) is 12.9. The molecule has 7 nitrogen and oxygen atoms in total. The van der Waals surface area contributed by atoms with Gasteiger partial charge in [-0.1, -0.05) is 0 Å². The van der Waals surface area contributed by atoms with Crippen molar-refractivity contribution in [2.45, 2.75) is 0 Å². The topological polar surface area (TPSA) is 94.5 Å². The predicted octanol–water partition coefficient (Wildman–Crippen LogP) is 1.38. The predicted molar refractivity (Wildman–Crippen MR) is 76.6 cm³/mol. The zero-order valence-corrected chi connectivity index (χ0v) is 11.2. The maximum Gasteiger partial charge on any atom is 0.252 e. The number of ether oxygens (including phenoxy) is 1. The lowest BCUT2D eigenvalue weighted by atomic mass is 10.2. The largest absolute Gasteiger partial charge is 0.497 e. The number of carbonyl (C=O) groups excluding carboxylic acids is 1. The Bertz CT molecular complexity index is 795. The molecule has 1 amide bonds. The first-order valence-electron chi connectivity index (χ1n) is 6.16. The number of aromatic nitrogens is 3. The van der Waals surface area contributed by atoms with Gasteiger partial charge in [0.05, 0.1) is 12.7 Å². The smallest absolute Gasteiger partial charge is 0.252 e. The summed E-state index contributed by atoms with van der Waals surface area (Å²) in [5.41, 5.74) is 6.81. The van der Waals surface area contributed by atoms with E-state index in [1.165, 1.54) is 4.52 Å². The molecule has 0 bridgehead atoms. The molecule has 0 saturated carbocycles. The van der Waals surface area contributed by atoms with Crippen LogP contribution in [0.2, 0.25) is 0 Å². The molecule has 0 aliphatic heterocycles. The second kappa shape index (κ2) is 5.12. The highest BCUT2D eigenvalue weighted by molar-refractivity contribution is 5.99. The van der Waals surface area contributed by atoms with E-state index in [1.807, 2.05) is 24.3 Å². The summed E-state index contributed by atoms with van der Waals surface area (Å²) in [6.07, 6.45) is 2.47. The molecule has 0 aliphatic rings. The fraction of sp³-hybridized carbons (Fsp3) is 0.0714. The van der Waals surface area contributed by atoms with Crippen LogP contribution < -0.4 is 15.8 Å². The van der Waals surface area contributed by atoms with Crippen LogP contribution >= 0.6 is 0 Å². The van der Waals surface area contributed by atoms with Gasteiger partial charge >= 0.3 is 0 Å². The van der Waals surface area contributed by atoms with Crippen LogP contribution in [0.5, 0.6) is 5.75 Å². The Kier molecular flexibility index (Phi) is 3.15. The van der Waals surface area contributed by atoms with Gasteiger partial charge in [0.15, 0.2) is 5.65 Å². The van der Waals surface area contributed by atoms with Crippen molar-refractivity contribution in [2.24, 2.45) is 5.73 Å². The number of primary amides is 1. The van der Waals surface area contributed by atoms with Crippen LogP contribution in [-0.2, 0) is 0 Å². The second-order valence-electron chi connectivity index (χ2n) is 4.30. The fourth-order valence-electron chi connectivity index (χ4n) is 1.97. The quantitative estimate of drug-likeness (QED) is 0.754. The van der Waals surface area contributed by atoms with Gasteiger partial charge in [-0.2, -0.15) is 4.52 Å². The summed E-state index contributed by atoms with van der Waals surface area (Å²) in [7, 11) is 1.61. The van der Waals surface area contributed by atoms with E-state index in [1.54, 1.807) is 19.2 Å². The van der Waals surface area contributed by atoms with E-state index in [9.17, 15) is 4.79 Å². The highest BCUT2D eigenvalue weighted by Crippen LogP contribution is 2.21. The van der Waals surface area contributed by atoms with E-state index >= 15 is 0 Å². The number of nitrogens with two attached hydrogens (primary N) is 1. The standard InChI is InChI=1S/C14H12N5O2/c1-21-10-4-2-9(3-5-10)18-12-7-6-11(13(15)20)14-16-8-17-19(12)14/h2-7,18H,1H3,(H2,15,20). The lowest BCUT2D eigenvalue weighted by Crippen LogP contribution is -2.13. The van der Waals surface area contributed by atoms with Crippen molar-refractivity contribution < 1.29 is 9.53 Å². The zero-order chi connectivity index (χ0) is 14.8. The second-order valence-corrected chi connectivity index (χ2v) is 4.30. The molecule has 1 aromatic carbocycles. The number of methoxy groups -OCH3 is 1. The van der Waals surface area contributed by atoms with Crippen LogP contribution in [-0.4, -0.2) is 27.6 Å². The zero-order valence-electron chi connectivity index (χ0n) is 11.2. The van der Waals surface area contributed by atoms with E-state index in [0.29, 0.717) is 17.0 Å². The van der Waals surface area contributed by atoms with E-state index in [-0.39, 0.29) is 0 Å². The van der Waals surface area contributed by atoms with E-state index in [2.05, 4.69) is 21.7 Å². The van der Waals surface area contributed by atoms with Gasteiger partial charge in [0.2, 0.25) is 6.33 Å². The van der Waals surface area contributed by atoms with E-state index < -0.39 is 5.91 Å². The Morgan fingerprint density at radius 1 is 1.29 bits per heavy atom. The molecular weight excluding hydrogens is 270 g/mol. The number of hydrogen-bond donors (Lipinski definition) is 2. The molecule has 1 radical (unpaired) electrons. The van der Waals surface area contributed by atoms with Gasteiger partial charge in [0.1, 0.15) is 11.6 Å². The van der Waals surface area contributed by atoms with Crippen molar-refractivity contribution in [3.8, 4) is 5.75 Å². The SMILES string of the molecule is COc1ccc(Nc2ccc(C(N)=O)c3n[c]nn23)cc1. The van der Waals surface area contributed by atoms with Crippen LogP contribution in [0.4, 0.5) is 11.5 Å². The molecule has 105 valence electrons. The molecule has 2 aromatic heterocycles. The minimum absolute atomic E-state index is 0.295. The number of fused-ring (bicyclic) bond motifs is 1. The van der Waals surface area contributed by atoms with Gasteiger partial charge in [0.25, 0.3) is 5.91 Å². The van der Waals surface area contributed by atoms with Gasteiger partial charge in [-0.15, -0.1) is 5.10 Å². The van der Waals surface area contributed by atoms with Crippen LogP contribution in [0, 0.1) is 6.33 Å². The molecule has 0 fully saturated rings. The van der Waals surface area contributed by atoms with E-state index in [4.69, 9.17) is 10.5 Å². The maximum atomic E-state index is 11.3. The first-order chi connectivity index (χ1) is 10.2. The van der Waals surface area contributed by atoms with Crippen molar-refractivity contribution >= 4 is 23.1 Å². The summed E-state index contributed by atoms with van der Waals surface area (Å²) in [5.74, 6) is 0.857. The van der Waals surface area contributed by atoms with Gasteiger partial charge in [0, 0.05) is 5.69 Å². The molecule has 3 rings (SSSR count). The van der Waals surface area contributed by atoms with E-state index in [0.717, 1.165) is 11.4 Å². The summed E-state index contributed by atoms with van der Waals surface area (Å²) in [5, 5.41) is 7.16. The molecular formula is C14H12N5O2. The van der Waals surface area contributed by atoms with Crippen molar-refractivity contribution in [2.75, 3.05) is 12.4 Å². The molecule has 0 atom stereocenters. The molecule has 0 spiro atoms. The molecule has 0 aliphatic carbocycles. The Hall–Kier alpha value is -3.09. The molecule has 21 heavy (non-hydrogen) atoms. The lowest BCUT2D eigenvalue weighted by molar-refractivity contribution is 0.100. The van der Waals surface area contributed by atoms with Crippen LogP contribution in [0.3, 0.4) is 0 Å². The first-order valence-corrected chi connectivity index (χ1v) is 6.16. The van der Waals surface area contributed by atoms with Gasteiger partial charge in [-0.3, -0.25) is 4.79 Å². The number of anilines is 2. The average molecular weight is 282 g/mol. The maximum absolute atomic E-state index is 11.3. The minimum atomic E-state index is -0.558. The van der Waals surface area contributed by atoms with Crippen molar-refractivity contribution in [3.63, 3.8) is 0 Å². The molecule has 3 aromatic rings. The van der Waals surface area contributed by atoms with Gasteiger partial charge in [-0.25, -0.2) is 4.98 Å². The number of amides is 1. The summed E-state index contributed by atoms with van der Waals surface area (Å²) >= 11 is 0. The third-order valence-corrected chi connectivity index (χ3v) is 3.01. The number of carbonyl (C=O) groups is 1. The van der Waals surface area contributed by atoms with Crippen molar-refractivity contribution in [3.05, 3.63) is 48.3 Å². The summed E-state index contributed by atoms with van der Waals surface area (Å²) in [4.78, 5) is 15.3. The third kappa shape index (κ3) is 2.36. The molecule has 3 N–H and O–H groups in total. The highest BCUT2D eigenvalue weighted by Gasteiger charge is 2.12. The summed E-state index contributed by atoms with van der Waals surface area (Å²) in [6, 6.07) is 10.7. The minimum Gasteiger partial charge on any atom is -0.497 e. The number of benzene rings is 1. The monoisotopic (exact) mass is 282 g/mol. The Morgan fingerprint density at radius 2 is 2.05 bits per heavy atom. The number of nitrogens with one attached hydrogen (secondary N) is 1. The van der Waals surface area contributed by atoms with Crippen LogP contribution in [0.15, 0.2) is 36.4 Å². The van der Waals surface area contributed by atoms with Gasteiger partial charge < -0.3 is 15.8 Å². The van der Waals surface area contributed by atoms with Gasteiger partial charge in [-0.05, 0) is 36.4 Å². The summed E-state index contributed by atoms with van der Waals surface area (Å²) in [6.45, 7) is 0. The van der Waals surface area contributed by atoms with Crippen LogP contribution in [0.1, 0.15) is 10.4 Å². The Balaban J connectivity index is 1.99. The molecule has 2 heterocycles. The Morgan fingerprint density at radius 3 is 2.71 bits per heavy atom. The number of nitrogens with zero attached hydrogens (tertiary/aromatic N) is 3. The average Bonchev–Trinajstić information content (AvgIpc) is 2.98. The van der Waals surface area contributed by atoms with Crippen molar-refractivity contribution in [1.82, 2.24) is 14.6 Å². The molecule has 0 unspecified atom stereocenters. The third-order valence-electron chi connectivity index (χ3n) is 3.01. The number of pyridine rings is 1. The van der Waals surface area contributed by atoms with Crippen LogP contribution in [0.25, 0.3) is 5.65 Å². The number of rotatable bonds is 4. The molecule has 0 saturated heterocycles.